The van der Waals surface area contributed by atoms with Crippen LogP contribution < -0.4 is 0 Å². The zero-order valence-electron chi connectivity index (χ0n) is 12.6. The Morgan fingerprint density at radius 3 is 2.00 bits per heavy atom. The number of unbranched alkanes of at least 4 members (excludes halogenated alkanes) is 2. The predicted molar refractivity (Wildman–Crippen MR) is 71.1 cm³/mol. The summed E-state index contributed by atoms with van der Waals surface area (Å²) in [5, 5.41) is 8.98. The molecule has 3 radical (unpaired) electrons. The first-order valence-corrected chi connectivity index (χ1v) is 6.04. The molecule has 0 aromatic heterocycles. The molecule has 0 aliphatic heterocycles. The van der Waals surface area contributed by atoms with Crippen LogP contribution in [0.25, 0.3) is 0 Å². The molecule has 6 nitrogen and oxygen atoms in total. The van der Waals surface area contributed by atoms with Gasteiger partial charge in [0.1, 0.15) is 0 Å². The number of aliphatic hydroxyl groups is 1. The summed E-state index contributed by atoms with van der Waals surface area (Å²) >= 11 is 0. The number of hydrogen-bond acceptors (Lipinski definition) is 3. The maximum atomic E-state index is 10.1. The molecular weight excluding hydrogens is 332 g/mol. The molecule has 123 valence electrons. The third-order valence-corrected chi connectivity index (χ3v) is 2.01. The molecule has 2 atom stereocenters. The van der Waals surface area contributed by atoms with Crippen LogP contribution in [0.3, 0.4) is 0 Å². The SMILES string of the molecule is CCCCC[C@H]([CH][CH][CH][C@H](C)O)O[C-]=O.[C-]#[O+].[C-]#[O+].[C-]#[O+].[Fe+2]. The summed E-state index contributed by atoms with van der Waals surface area (Å²) < 4.78 is 27.3. The third kappa shape index (κ3) is 36.5. The van der Waals surface area contributed by atoms with E-state index in [2.05, 4.69) is 26.9 Å². The first kappa shape index (κ1) is 32.9. The minimum atomic E-state index is -0.474. The molecule has 0 aromatic rings. The monoisotopic (exact) mass is 352 g/mol. The van der Waals surface area contributed by atoms with Crippen LogP contribution in [0.2, 0.25) is 0 Å². The van der Waals surface area contributed by atoms with Crippen LogP contribution in [0.5, 0.6) is 0 Å². The quantitative estimate of drug-likeness (QED) is 0.281. The van der Waals surface area contributed by atoms with Crippen LogP contribution >= 0.6 is 0 Å². The van der Waals surface area contributed by atoms with Gasteiger partial charge < -0.3 is 14.6 Å². The van der Waals surface area contributed by atoms with Crippen molar-refractivity contribution in [1.82, 2.24) is 0 Å². The number of hydrogen-bond donors (Lipinski definition) is 1. The first-order chi connectivity index (χ1) is 10.2. The van der Waals surface area contributed by atoms with Gasteiger partial charge in [0, 0.05) is 6.42 Å². The summed E-state index contributed by atoms with van der Waals surface area (Å²) in [6, 6.07) is 0. The Kier molecular flexibility index (Phi) is 55.3. The number of rotatable bonds is 10. The number of carbonyl (C=O) groups excluding carboxylic acids is 1. The van der Waals surface area contributed by atoms with Crippen LogP contribution in [-0.4, -0.2) is 23.8 Å². The normalized spacial score (nSPS) is 10.2. The molecule has 0 spiro atoms. The summed E-state index contributed by atoms with van der Waals surface area (Å²) in [7, 11) is 0. The second-order valence-electron chi connectivity index (χ2n) is 3.55. The molecule has 0 bridgehead atoms. The van der Waals surface area contributed by atoms with Crippen LogP contribution in [0, 0.1) is 39.2 Å². The predicted octanol–water partition coefficient (Wildman–Crippen LogP) is 1.90. The number of ether oxygens (including phenoxy) is 1. The Morgan fingerprint density at radius 2 is 1.64 bits per heavy atom. The zero-order valence-corrected chi connectivity index (χ0v) is 13.7. The molecule has 0 unspecified atom stereocenters. The van der Waals surface area contributed by atoms with E-state index in [0.717, 1.165) is 25.7 Å². The fraction of sp³-hybridized carbons (Fsp3) is 0.533. The minimum Gasteiger partial charge on any atom is 2.00 e. The van der Waals surface area contributed by atoms with Crippen molar-refractivity contribution in [2.75, 3.05) is 0 Å². The Labute approximate surface area is 143 Å². The van der Waals surface area contributed by atoms with Crippen molar-refractivity contribution in [3.8, 4) is 0 Å². The van der Waals surface area contributed by atoms with E-state index in [1.54, 1.807) is 26.2 Å². The minimum absolute atomic E-state index is 0. The molecule has 1 N–H and O–H groups in total. The van der Waals surface area contributed by atoms with E-state index in [-0.39, 0.29) is 23.2 Å². The van der Waals surface area contributed by atoms with Gasteiger partial charge in [-0.25, -0.2) is 0 Å². The second kappa shape index (κ2) is 36.9. The summed E-state index contributed by atoms with van der Waals surface area (Å²) in [5.41, 5.74) is 0. The van der Waals surface area contributed by atoms with Crippen LogP contribution in [0.15, 0.2) is 0 Å². The molecule has 22 heavy (non-hydrogen) atoms. The summed E-state index contributed by atoms with van der Waals surface area (Å²) in [6.45, 7) is 18.7. The van der Waals surface area contributed by atoms with Crippen molar-refractivity contribution in [2.45, 2.75) is 51.7 Å². The van der Waals surface area contributed by atoms with Gasteiger partial charge in [0.25, 0.3) is 0 Å². The molecule has 0 aliphatic carbocycles. The molecule has 0 aromatic carbocycles. The van der Waals surface area contributed by atoms with Gasteiger partial charge in [-0.1, -0.05) is 26.2 Å². The Hall–Kier alpha value is -0.831. The molecular formula is C15H20FeO6+. The number of aliphatic hydroxyl groups excluding tert-OH is 1. The van der Waals surface area contributed by atoms with Crippen molar-refractivity contribution in [3.05, 3.63) is 39.2 Å². The summed E-state index contributed by atoms with van der Waals surface area (Å²) in [6.07, 6.45) is 8.55. The smallest absolute Gasteiger partial charge is 2.00 e. The van der Waals surface area contributed by atoms with E-state index in [1.807, 2.05) is 0 Å². The van der Waals surface area contributed by atoms with E-state index in [4.69, 9.17) is 23.8 Å². The maximum absolute atomic E-state index is 10.1. The average Bonchev–Trinajstić information content (AvgIpc) is 2.53. The van der Waals surface area contributed by atoms with Gasteiger partial charge in [-0.2, -0.15) is 0 Å². The maximum Gasteiger partial charge on any atom is 2.00 e. The zero-order chi connectivity index (χ0) is 17.5. The van der Waals surface area contributed by atoms with Gasteiger partial charge >= 0.3 is 51.0 Å². The molecule has 0 fully saturated rings. The molecule has 0 heterocycles. The van der Waals surface area contributed by atoms with Crippen LogP contribution in [0.4, 0.5) is 0 Å². The van der Waals surface area contributed by atoms with E-state index in [1.165, 1.54) is 6.47 Å². The topological polar surface area (TPSA) is 106 Å². The van der Waals surface area contributed by atoms with E-state index >= 15 is 0 Å². The van der Waals surface area contributed by atoms with Crippen molar-refractivity contribution in [2.24, 2.45) is 0 Å². The van der Waals surface area contributed by atoms with E-state index in [9.17, 15) is 4.79 Å². The van der Waals surface area contributed by atoms with Gasteiger partial charge in [0.05, 0.1) is 12.2 Å². The van der Waals surface area contributed by atoms with E-state index in [0.29, 0.717) is 0 Å². The van der Waals surface area contributed by atoms with Crippen LogP contribution in [0.1, 0.15) is 39.5 Å². The van der Waals surface area contributed by atoms with Crippen molar-refractivity contribution in [1.29, 1.82) is 0 Å². The van der Waals surface area contributed by atoms with Gasteiger partial charge in [-0.3, -0.25) is 0 Å². The molecule has 0 amide bonds. The molecule has 7 heteroatoms. The van der Waals surface area contributed by atoms with Gasteiger partial charge in [0.15, 0.2) is 0 Å². The Balaban J connectivity index is -0.000000122. The van der Waals surface area contributed by atoms with E-state index < -0.39 is 6.10 Å². The average molecular weight is 352 g/mol. The van der Waals surface area contributed by atoms with Gasteiger partial charge in [-0.15, -0.1) is 0 Å². The molecule has 0 rings (SSSR count). The largest absolute Gasteiger partial charge is 2.00 e. The van der Waals surface area contributed by atoms with Gasteiger partial charge in [0.2, 0.25) is 0 Å². The molecule has 0 aliphatic rings. The first-order valence-electron chi connectivity index (χ1n) is 6.04. The third-order valence-electron chi connectivity index (χ3n) is 2.01. The molecule has 0 saturated heterocycles. The fourth-order valence-corrected chi connectivity index (χ4v) is 1.20. The van der Waals surface area contributed by atoms with Crippen molar-refractivity contribution in [3.63, 3.8) is 0 Å². The van der Waals surface area contributed by atoms with Crippen molar-refractivity contribution >= 4 is 6.47 Å². The van der Waals surface area contributed by atoms with Gasteiger partial charge in [-0.05, 0) is 32.6 Å². The van der Waals surface area contributed by atoms with Crippen molar-refractivity contribution < 1.29 is 45.7 Å². The second-order valence-corrected chi connectivity index (χ2v) is 3.55. The summed E-state index contributed by atoms with van der Waals surface area (Å²) in [5.74, 6) is 0. The Morgan fingerprint density at radius 1 is 1.14 bits per heavy atom. The van der Waals surface area contributed by atoms with Crippen LogP contribution in [-0.2, 0) is 40.6 Å². The summed E-state index contributed by atoms with van der Waals surface area (Å²) in [4.78, 5) is 10.1. The standard InChI is InChI=1S/C12H20O3.3CO.Fe/c1-3-4-5-8-12(15-10-13)9-6-7-11(2)14;3*1-2;/h6-7,9,11-12,14H,3-5,8H2,1-2H3;;;;/q-1;;;;+2/t11-,12+;;;;/m0..../s1. The fourth-order valence-electron chi connectivity index (χ4n) is 1.20. The Bertz CT molecular complexity index is 236. The molecule has 0 saturated carbocycles.